The largest absolute Gasteiger partial charge is 0.495 e. The fourth-order valence-corrected chi connectivity index (χ4v) is 2.42. The highest BCUT2D eigenvalue weighted by molar-refractivity contribution is 6.68. The zero-order chi connectivity index (χ0) is 19.9. The third-order valence-corrected chi connectivity index (χ3v) is 4.16. The molecule has 0 heterocycles. The van der Waals surface area contributed by atoms with Gasteiger partial charge in [-0.1, -0.05) is 47.5 Å². The second kappa shape index (κ2) is 9.20. The number of halogens is 2. The van der Waals surface area contributed by atoms with E-state index in [1.54, 1.807) is 48.5 Å². The minimum Gasteiger partial charge on any atom is -0.495 e. The Morgan fingerprint density at radius 2 is 1.67 bits per heavy atom. The average molecular weight is 411 g/mol. The molecule has 0 atom stereocenters. The van der Waals surface area contributed by atoms with E-state index in [0.717, 1.165) is 0 Å². The molecule has 0 radical (unpaired) electrons. The lowest BCUT2D eigenvalue weighted by Gasteiger charge is -2.15. The molecule has 10 heteroatoms. The number of alkyl halides is 2. The number of amidine groups is 1. The molecule has 1 amide bonds. The Balaban J connectivity index is 2.39. The molecule has 0 saturated carbocycles. The van der Waals surface area contributed by atoms with Crippen molar-refractivity contribution in [1.29, 1.82) is 0 Å². The van der Waals surface area contributed by atoms with E-state index in [0.29, 0.717) is 22.9 Å². The SMILES string of the molecule is COc1ccccc1NC(=O)C(Cl)(Cl)C(N=NN)=[NH+]c1ccccc1OC. The van der Waals surface area contributed by atoms with Gasteiger partial charge < -0.3 is 14.8 Å². The monoisotopic (exact) mass is 410 g/mol. The van der Waals surface area contributed by atoms with E-state index >= 15 is 0 Å². The zero-order valence-corrected chi connectivity index (χ0v) is 16.1. The van der Waals surface area contributed by atoms with Gasteiger partial charge in [0.15, 0.2) is 11.4 Å². The quantitative estimate of drug-likeness (QED) is 0.168. The van der Waals surface area contributed by atoms with Gasteiger partial charge in [-0.2, -0.15) is 0 Å². The van der Waals surface area contributed by atoms with Crippen molar-refractivity contribution in [2.45, 2.75) is 4.33 Å². The van der Waals surface area contributed by atoms with Crippen LogP contribution in [-0.2, 0) is 4.79 Å². The van der Waals surface area contributed by atoms with Crippen LogP contribution < -0.4 is 25.6 Å². The van der Waals surface area contributed by atoms with E-state index in [4.69, 9.17) is 38.5 Å². The molecule has 0 saturated heterocycles. The number of ether oxygens (including phenoxy) is 2. The van der Waals surface area contributed by atoms with Gasteiger partial charge in [-0.15, -0.1) is 0 Å². The highest BCUT2D eigenvalue weighted by atomic mass is 35.5. The van der Waals surface area contributed by atoms with Crippen molar-refractivity contribution in [3.63, 3.8) is 0 Å². The molecule has 8 nitrogen and oxygen atoms in total. The van der Waals surface area contributed by atoms with Gasteiger partial charge in [0, 0.05) is 5.22 Å². The topological polar surface area (TPSA) is 112 Å². The number of amides is 1. The van der Waals surface area contributed by atoms with Crippen molar-refractivity contribution < 1.29 is 19.3 Å². The van der Waals surface area contributed by atoms with Crippen molar-refractivity contribution >= 4 is 46.3 Å². The predicted molar refractivity (Wildman–Crippen MR) is 104 cm³/mol. The molecule has 0 aliphatic rings. The molecule has 0 fully saturated rings. The number of nitrogens with two attached hydrogens (primary N) is 1. The summed E-state index contributed by atoms with van der Waals surface area (Å²) in [5, 5.41) is 9.45. The summed E-state index contributed by atoms with van der Waals surface area (Å²) in [4.78, 5) is 15.5. The van der Waals surface area contributed by atoms with Crippen molar-refractivity contribution in [2.75, 3.05) is 19.5 Å². The lowest BCUT2D eigenvalue weighted by Crippen LogP contribution is -2.71. The molecule has 0 aromatic heterocycles. The molecule has 27 heavy (non-hydrogen) atoms. The summed E-state index contributed by atoms with van der Waals surface area (Å²) in [7, 11) is 2.97. The number of hydrogen-bond donors (Lipinski definition) is 3. The highest BCUT2D eigenvalue weighted by Crippen LogP contribution is 2.29. The number of methoxy groups -OCH3 is 2. The molecule has 2 aromatic rings. The third-order valence-electron chi connectivity index (χ3n) is 3.46. The van der Waals surface area contributed by atoms with Gasteiger partial charge in [-0.25, -0.2) is 4.99 Å². The fourth-order valence-electron chi connectivity index (χ4n) is 2.16. The summed E-state index contributed by atoms with van der Waals surface area (Å²) in [6.45, 7) is 0. The van der Waals surface area contributed by atoms with E-state index in [1.807, 2.05) is 0 Å². The molecular formula is C17H18Cl2N5O3+. The van der Waals surface area contributed by atoms with E-state index in [9.17, 15) is 4.79 Å². The number of hydrogen-bond acceptors (Lipinski definition) is 4. The molecule has 0 aliphatic carbocycles. The average Bonchev–Trinajstić information content (AvgIpc) is 2.68. The highest BCUT2D eigenvalue weighted by Gasteiger charge is 2.47. The van der Waals surface area contributed by atoms with Crippen molar-refractivity contribution in [3.05, 3.63) is 48.5 Å². The first-order valence-corrected chi connectivity index (χ1v) is 8.40. The molecular weight excluding hydrogens is 393 g/mol. The maximum Gasteiger partial charge on any atom is 0.372 e. The minimum atomic E-state index is -2.13. The number of anilines is 1. The van der Waals surface area contributed by atoms with Gasteiger partial charge in [0.05, 0.1) is 25.0 Å². The van der Waals surface area contributed by atoms with Crippen molar-refractivity contribution in [3.8, 4) is 11.5 Å². The van der Waals surface area contributed by atoms with Crippen LogP contribution in [0.1, 0.15) is 0 Å². The molecule has 142 valence electrons. The summed E-state index contributed by atoms with van der Waals surface area (Å²) < 4.78 is 8.30. The molecule has 2 rings (SSSR count). The Morgan fingerprint density at radius 1 is 1.07 bits per heavy atom. The predicted octanol–water partition coefficient (Wildman–Crippen LogP) is 1.95. The van der Waals surface area contributed by atoms with Gasteiger partial charge in [0.2, 0.25) is 0 Å². The zero-order valence-electron chi connectivity index (χ0n) is 14.6. The molecule has 2 aromatic carbocycles. The number of carbonyl (C=O) groups excluding carboxylic acids is 1. The van der Waals surface area contributed by atoms with Crippen LogP contribution in [0.4, 0.5) is 11.4 Å². The Morgan fingerprint density at radius 3 is 2.30 bits per heavy atom. The van der Waals surface area contributed by atoms with Gasteiger partial charge in [0.25, 0.3) is 5.91 Å². The standard InChI is InChI=1S/C17H17Cl2N5O3/c1-26-13-9-5-3-7-11(13)21-15(23-24-20)17(18,19)16(25)22-12-8-4-6-10-14(12)27-2/h3-10H,1-2H3,(H,22,25)(H2,20,21,23)/p+1. The number of nitrogens with one attached hydrogen (secondary N) is 2. The second-order valence-corrected chi connectivity index (χ2v) is 6.45. The van der Waals surface area contributed by atoms with Crippen LogP contribution in [0.5, 0.6) is 11.5 Å². The van der Waals surface area contributed by atoms with Crippen molar-refractivity contribution in [2.24, 2.45) is 16.2 Å². The molecule has 0 aliphatic heterocycles. The van der Waals surface area contributed by atoms with Crippen molar-refractivity contribution in [1.82, 2.24) is 0 Å². The van der Waals surface area contributed by atoms with Gasteiger partial charge >= 0.3 is 10.2 Å². The van der Waals surface area contributed by atoms with E-state index < -0.39 is 10.2 Å². The van der Waals surface area contributed by atoms with Crippen LogP contribution in [0.2, 0.25) is 0 Å². The van der Waals surface area contributed by atoms with Gasteiger partial charge in [-0.05, 0) is 24.3 Å². The Labute approximate surface area is 166 Å². The summed E-state index contributed by atoms with van der Waals surface area (Å²) >= 11 is 12.6. The number of para-hydroxylation sites is 4. The van der Waals surface area contributed by atoms with Crippen LogP contribution in [0.25, 0.3) is 0 Å². The first-order valence-electron chi connectivity index (χ1n) is 7.64. The number of rotatable bonds is 6. The van der Waals surface area contributed by atoms with Crippen LogP contribution in [0, 0.1) is 0 Å². The van der Waals surface area contributed by atoms with E-state index in [2.05, 4.69) is 20.6 Å². The minimum absolute atomic E-state index is 0.203. The maximum atomic E-state index is 12.7. The lowest BCUT2D eigenvalue weighted by atomic mass is 10.2. The number of nitrogens with zero attached hydrogens (tertiary/aromatic N) is 2. The first-order chi connectivity index (χ1) is 12.9. The number of benzene rings is 2. The maximum absolute atomic E-state index is 12.7. The molecule has 4 N–H and O–H groups in total. The van der Waals surface area contributed by atoms with Crippen LogP contribution in [0.3, 0.4) is 0 Å². The van der Waals surface area contributed by atoms with Crippen LogP contribution in [0.15, 0.2) is 58.9 Å². The fraction of sp³-hybridized carbons (Fsp3) is 0.176. The first kappa shape index (κ1) is 20.5. The van der Waals surface area contributed by atoms with Crippen LogP contribution in [-0.4, -0.2) is 30.3 Å². The van der Waals surface area contributed by atoms with E-state index in [1.165, 1.54) is 14.2 Å². The molecule has 0 unspecified atom stereocenters. The molecule has 0 spiro atoms. The Bertz CT molecular complexity index is 871. The van der Waals surface area contributed by atoms with E-state index in [-0.39, 0.29) is 5.84 Å². The Kier molecular flexibility index (Phi) is 6.98. The third kappa shape index (κ3) is 4.87. The smallest absolute Gasteiger partial charge is 0.372 e. The Hall–Kier alpha value is -2.84. The van der Waals surface area contributed by atoms with Gasteiger partial charge in [-0.3, -0.25) is 10.6 Å². The number of carbonyl (C=O) groups is 1. The summed E-state index contributed by atoms with van der Waals surface area (Å²) in [6, 6.07) is 13.7. The summed E-state index contributed by atoms with van der Waals surface area (Å²) in [5.74, 6) is 5.09. The second-order valence-electron chi connectivity index (χ2n) is 5.12. The normalized spacial score (nSPS) is 12.1. The van der Waals surface area contributed by atoms with Crippen LogP contribution >= 0.6 is 23.2 Å². The van der Waals surface area contributed by atoms with Gasteiger partial charge in [0.1, 0.15) is 5.75 Å². The molecule has 0 bridgehead atoms. The lowest BCUT2D eigenvalue weighted by molar-refractivity contribution is -0.357. The summed E-state index contributed by atoms with van der Waals surface area (Å²) in [5.41, 5.74) is 0.857. The summed E-state index contributed by atoms with van der Waals surface area (Å²) in [6.07, 6.45) is 0.